The Balaban J connectivity index is 1.27. The van der Waals surface area contributed by atoms with E-state index in [0.29, 0.717) is 50.6 Å². The van der Waals surface area contributed by atoms with Crippen LogP contribution in [0, 0.1) is 5.41 Å². The Morgan fingerprint density at radius 3 is 2.39 bits per heavy atom. The highest BCUT2D eigenvalue weighted by Crippen LogP contribution is 2.25. The zero-order valence-electron chi connectivity index (χ0n) is 21.6. The van der Waals surface area contributed by atoms with Crippen LogP contribution in [0.1, 0.15) is 25.0 Å². The van der Waals surface area contributed by atoms with Gasteiger partial charge in [0.1, 0.15) is 18.5 Å². The van der Waals surface area contributed by atoms with Crippen LogP contribution in [0.25, 0.3) is 0 Å². The van der Waals surface area contributed by atoms with Gasteiger partial charge in [-0.25, -0.2) is 14.4 Å². The fourth-order valence-electron chi connectivity index (χ4n) is 4.45. The summed E-state index contributed by atoms with van der Waals surface area (Å²) < 4.78 is 15.9. The number of amidine groups is 1. The number of piperazine rings is 1. The Kier molecular flexibility index (Phi) is 8.80. The van der Waals surface area contributed by atoms with E-state index in [1.54, 1.807) is 41.0 Å². The number of hydrogen-bond acceptors (Lipinski definition) is 8. The van der Waals surface area contributed by atoms with Gasteiger partial charge >= 0.3 is 18.3 Å². The van der Waals surface area contributed by atoms with Crippen molar-refractivity contribution >= 4 is 29.8 Å². The summed E-state index contributed by atoms with van der Waals surface area (Å²) in [4.78, 5) is 42.1. The smallest absolute Gasteiger partial charge is 0.414 e. The fraction of sp³-hybridized carbons (Fsp3) is 0.407. The molecule has 0 aliphatic carbocycles. The number of cyclic esters (lactones) is 1. The number of benzene rings is 2. The normalized spacial score (nSPS) is 18.5. The number of carbonyl (C=O) groups excluding carboxylic acids is 3. The van der Waals surface area contributed by atoms with Crippen molar-refractivity contribution in [3.63, 3.8) is 0 Å². The lowest BCUT2D eigenvalue weighted by molar-refractivity contribution is 0.0315. The van der Waals surface area contributed by atoms with Crippen LogP contribution < -0.4 is 10.2 Å². The van der Waals surface area contributed by atoms with Gasteiger partial charge in [0.2, 0.25) is 0 Å². The summed E-state index contributed by atoms with van der Waals surface area (Å²) in [6.45, 7) is 7.13. The Morgan fingerprint density at radius 2 is 1.74 bits per heavy atom. The van der Waals surface area contributed by atoms with Gasteiger partial charge in [0.15, 0.2) is 0 Å². The summed E-state index contributed by atoms with van der Waals surface area (Å²) in [5.41, 5.74) is 1.96. The van der Waals surface area contributed by atoms with Crippen LogP contribution >= 0.6 is 0 Å². The molecule has 2 N–H and O–H groups in total. The summed E-state index contributed by atoms with van der Waals surface area (Å²) in [6.07, 6.45) is -1.77. The molecule has 0 saturated carbocycles. The predicted molar refractivity (Wildman–Crippen MR) is 140 cm³/mol. The summed E-state index contributed by atoms with van der Waals surface area (Å²) >= 11 is 0. The molecule has 2 aromatic rings. The summed E-state index contributed by atoms with van der Waals surface area (Å²) in [5.74, 6) is -0.105. The van der Waals surface area contributed by atoms with Crippen molar-refractivity contribution in [1.29, 1.82) is 5.41 Å². The van der Waals surface area contributed by atoms with Crippen molar-refractivity contribution in [2.45, 2.75) is 32.6 Å². The number of anilines is 1. The topological polar surface area (TPSA) is 125 Å². The van der Waals surface area contributed by atoms with Crippen molar-refractivity contribution in [2.75, 3.05) is 44.2 Å². The number of nitrogens with one attached hydrogen (secondary N) is 2. The van der Waals surface area contributed by atoms with E-state index >= 15 is 0 Å². The maximum Gasteiger partial charge on any atom is 0.414 e. The van der Waals surface area contributed by atoms with Crippen LogP contribution in [0.5, 0.6) is 0 Å². The van der Waals surface area contributed by atoms with E-state index in [9.17, 15) is 14.4 Å². The average molecular weight is 524 g/mol. The zero-order valence-corrected chi connectivity index (χ0v) is 21.6. The van der Waals surface area contributed by atoms with Gasteiger partial charge < -0.3 is 19.1 Å². The highest BCUT2D eigenvalue weighted by molar-refractivity contribution is 6.04. The number of hydrogen-bond donors (Lipinski definition) is 2. The van der Waals surface area contributed by atoms with Gasteiger partial charge in [-0.1, -0.05) is 30.3 Å². The molecule has 2 saturated heterocycles. The van der Waals surface area contributed by atoms with E-state index in [1.165, 1.54) is 0 Å². The van der Waals surface area contributed by atoms with Crippen LogP contribution in [0.15, 0.2) is 54.6 Å². The van der Waals surface area contributed by atoms with Gasteiger partial charge in [-0.3, -0.25) is 20.5 Å². The number of ether oxygens (including phenoxy) is 3. The van der Waals surface area contributed by atoms with E-state index in [-0.39, 0.29) is 30.7 Å². The first-order valence-electron chi connectivity index (χ1n) is 12.7. The molecule has 2 aliphatic heterocycles. The van der Waals surface area contributed by atoms with E-state index < -0.39 is 12.2 Å². The van der Waals surface area contributed by atoms with E-state index in [4.69, 9.17) is 19.6 Å². The van der Waals surface area contributed by atoms with Crippen LogP contribution in [-0.4, -0.2) is 85.4 Å². The second kappa shape index (κ2) is 12.4. The van der Waals surface area contributed by atoms with Crippen molar-refractivity contribution in [3.8, 4) is 0 Å². The maximum atomic E-state index is 12.6. The summed E-state index contributed by atoms with van der Waals surface area (Å²) in [6, 6.07) is 16.0. The molecule has 38 heavy (non-hydrogen) atoms. The molecule has 0 aromatic heterocycles. The number of amides is 3. The van der Waals surface area contributed by atoms with Crippen LogP contribution in [0.4, 0.5) is 20.1 Å². The van der Waals surface area contributed by atoms with Crippen molar-refractivity contribution < 1.29 is 28.6 Å². The lowest BCUT2D eigenvalue weighted by atomic mass is 10.1. The third-order valence-corrected chi connectivity index (χ3v) is 6.70. The Morgan fingerprint density at radius 1 is 1.05 bits per heavy atom. The minimum absolute atomic E-state index is 0.0214. The number of nitrogens with zero attached hydrogens (tertiary/aromatic N) is 3. The minimum atomic E-state index is -0.717. The summed E-state index contributed by atoms with van der Waals surface area (Å²) in [7, 11) is 0. The molecule has 0 bridgehead atoms. The molecule has 0 spiro atoms. The van der Waals surface area contributed by atoms with Crippen LogP contribution in [-0.2, 0) is 20.8 Å². The Hall–Kier alpha value is -4.12. The molecule has 202 valence electrons. The van der Waals surface area contributed by atoms with E-state index in [1.807, 2.05) is 37.3 Å². The largest absolute Gasteiger partial charge is 0.450 e. The fourth-order valence-corrected chi connectivity index (χ4v) is 4.45. The van der Waals surface area contributed by atoms with E-state index in [2.05, 4.69) is 10.2 Å². The van der Waals surface area contributed by atoms with Gasteiger partial charge in [0.25, 0.3) is 0 Å². The first kappa shape index (κ1) is 26.9. The van der Waals surface area contributed by atoms with E-state index in [0.717, 1.165) is 5.56 Å². The second-order valence-corrected chi connectivity index (χ2v) is 9.10. The monoisotopic (exact) mass is 523 g/mol. The molecule has 2 aromatic carbocycles. The SMILES string of the molecule is CCOC(=O)N1CCN(C(C)C2CN(c3ccc(C(=N)NC(=O)OCc4ccccc4)cc3)C(=O)O2)CC1. The molecule has 2 unspecified atom stereocenters. The molecule has 2 heterocycles. The molecule has 2 fully saturated rings. The molecular weight excluding hydrogens is 490 g/mol. The third kappa shape index (κ3) is 6.60. The predicted octanol–water partition coefficient (Wildman–Crippen LogP) is 3.43. The van der Waals surface area contributed by atoms with Gasteiger partial charge in [0.05, 0.1) is 13.2 Å². The van der Waals surface area contributed by atoms with Gasteiger partial charge in [-0.15, -0.1) is 0 Å². The zero-order chi connectivity index (χ0) is 27.1. The molecule has 2 atom stereocenters. The number of alkyl carbamates (subject to hydrolysis) is 1. The molecule has 11 heteroatoms. The van der Waals surface area contributed by atoms with Gasteiger partial charge in [-0.2, -0.15) is 0 Å². The molecule has 2 aliphatic rings. The molecule has 4 rings (SSSR count). The number of rotatable bonds is 7. The average Bonchev–Trinajstić information content (AvgIpc) is 3.33. The molecule has 11 nitrogen and oxygen atoms in total. The minimum Gasteiger partial charge on any atom is -0.450 e. The number of carbonyl (C=O) groups is 3. The standard InChI is InChI=1S/C27H33N5O6/c1-3-36-26(34)31-15-13-30(14-16-31)19(2)23-17-32(27(35)38-23)22-11-9-21(10-12-22)24(28)29-25(33)37-18-20-7-5-4-6-8-20/h4-12,19,23H,3,13-18H2,1-2H3,(H2,28,29,33). The second-order valence-electron chi connectivity index (χ2n) is 9.10. The highest BCUT2D eigenvalue weighted by atomic mass is 16.6. The molecule has 0 radical (unpaired) electrons. The van der Waals surface area contributed by atoms with Crippen molar-refractivity contribution in [1.82, 2.24) is 15.1 Å². The Bertz CT molecular complexity index is 1130. The third-order valence-electron chi connectivity index (χ3n) is 6.70. The lowest BCUT2D eigenvalue weighted by Crippen LogP contribution is -2.54. The quantitative estimate of drug-likeness (QED) is 0.324. The van der Waals surface area contributed by atoms with Gasteiger partial charge in [0, 0.05) is 43.5 Å². The van der Waals surface area contributed by atoms with Crippen LogP contribution in [0.2, 0.25) is 0 Å². The first-order chi connectivity index (χ1) is 18.4. The maximum absolute atomic E-state index is 12.6. The Labute approximate surface area is 221 Å². The van der Waals surface area contributed by atoms with Crippen molar-refractivity contribution in [3.05, 3.63) is 65.7 Å². The lowest BCUT2D eigenvalue weighted by Gasteiger charge is -2.38. The molecular formula is C27H33N5O6. The summed E-state index contributed by atoms with van der Waals surface area (Å²) in [5, 5.41) is 10.6. The van der Waals surface area contributed by atoms with Gasteiger partial charge in [-0.05, 0) is 43.7 Å². The highest BCUT2D eigenvalue weighted by Gasteiger charge is 2.39. The van der Waals surface area contributed by atoms with Crippen LogP contribution in [0.3, 0.4) is 0 Å². The van der Waals surface area contributed by atoms with Crippen molar-refractivity contribution in [2.24, 2.45) is 0 Å². The molecule has 3 amide bonds. The first-order valence-corrected chi connectivity index (χ1v) is 12.7.